The average molecular weight is 414 g/mol. The Labute approximate surface area is 174 Å². The van der Waals surface area contributed by atoms with Crippen molar-refractivity contribution in [2.75, 3.05) is 7.05 Å². The highest BCUT2D eigenvalue weighted by atomic mass is 35.5. The molecule has 5 rings (SSSR count). The van der Waals surface area contributed by atoms with Gasteiger partial charge in [-0.25, -0.2) is 0 Å². The molecule has 28 heavy (non-hydrogen) atoms. The van der Waals surface area contributed by atoms with Crippen LogP contribution < -0.4 is 0 Å². The molecule has 4 nitrogen and oxygen atoms in total. The Hall–Kier alpha value is -1.88. The number of aromatic nitrogens is 2. The SMILES string of the molecule is CN1C2CC[C@@H]1C[C@H](c1ccc(Cl)cc1)C2c1nc(-c2ccc(Cl)cc2)no1. The van der Waals surface area contributed by atoms with Crippen LogP contribution in [0.3, 0.4) is 0 Å². The first-order valence-electron chi connectivity index (χ1n) is 9.67. The van der Waals surface area contributed by atoms with E-state index in [1.807, 2.05) is 36.4 Å². The van der Waals surface area contributed by atoms with Gasteiger partial charge in [0.25, 0.3) is 0 Å². The largest absolute Gasteiger partial charge is 0.339 e. The third-order valence-electron chi connectivity index (χ3n) is 6.40. The molecule has 0 N–H and O–H groups in total. The van der Waals surface area contributed by atoms with Crippen molar-refractivity contribution in [2.24, 2.45) is 0 Å². The summed E-state index contributed by atoms with van der Waals surface area (Å²) in [5, 5.41) is 5.73. The smallest absolute Gasteiger partial charge is 0.232 e. The predicted molar refractivity (Wildman–Crippen MR) is 111 cm³/mol. The molecular formula is C22H21Cl2N3O. The molecule has 0 spiro atoms. The van der Waals surface area contributed by atoms with Gasteiger partial charge in [0.2, 0.25) is 11.7 Å². The van der Waals surface area contributed by atoms with Crippen molar-refractivity contribution in [3.63, 3.8) is 0 Å². The highest BCUT2D eigenvalue weighted by Gasteiger charge is 2.48. The van der Waals surface area contributed by atoms with E-state index in [4.69, 9.17) is 32.7 Å². The number of halogens is 2. The molecule has 2 aliphatic heterocycles. The Balaban J connectivity index is 1.53. The summed E-state index contributed by atoms with van der Waals surface area (Å²) in [5.41, 5.74) is 2.21. The summed E-state index contributed by atoms with van der Waals surface area (Å²) in [4.78, 5) is 7.31. The minimum atomic E-state index is 0.179. The summed E-state index contributed by atoms with van der Waals surface area (Å²) in [7, 11) is 2.23. The first-order chi connectivity index (χ1) is 13.6. The molecule has 0 saturated carbocycles. The number of fused-ring (bicyclic) bond motifs is 2. The molecule has 4 atom stereocenters. The zero-order valence-corrected chi connectivity index (χ0v) is 17.1. The van der Waals surface area contributed by atoms with Gasteiger partial charge in [-0.1, -0.05) is 40.5 Å². The highest BCUT2D eigenvalue weighted by molar-refractivity contribution is 6.30. The summed E-state index contributed by atoms with van der Waals surface area (Å²) in [6, 6.07) is 16.8. The molecule has 2 unspecified atom stereocenters. The summed E-state index contributed by atoms with van der Waals surface area (Å²) in [6.07, 6.45) is 3.48. The Morgan fingerprint density at radius 1 is 0.964 bits per heavy atom. The van der Waals surface area contributed by atoms with Gasteiger partial charge in [-0.05, 0) is 74.2 Å². The van der Waals surface area contributed by atoms with Gasteiger partial charge in [-0.2, -0.15) is 4.98 Å². The number of nitrogens with zero attached hydrogens (tertiary/aromatic N) is 3. The van der Waals surface area contributed by atoms with Crippen molar-refractivity contribution >= 4 is 23.2 Å². The molecule has 3 aromatic rings. The molecule has 2 aromatic carbocycles. The lowest BCUT2D eigenvalue weighted by molar-refractivity contribution is 0.120. The fourth-order valence-electron chi connectivity index (χ4n) is 4.94. The average Bonchev–Trinajstić information content (AvgIpc) is 3.26. The van der Waals surface area contributed by atoms with Gasteiger partial charge >= 0.3 is 0 Å². The van der Waals surface area contributed by atoms with Crippen LogP contribution in [0.15, 0.2) is 53.1 Å². The maximum absolute atomic E-state index is 6.12. The van der Waals surface area contributed by atoms with Gasteiger partial charge in [-0.15, -0.1) is 0 Å². The van der Waals surface area contributed by atoms with Crippen molar-refractivity contribution < 1.29 is 4.52 Å². The van der Waals surface area contributed by atoms with Gasteiger partial charge in [0, 0.05) is 27.7 Å². The molecule has 144 valence electrons. The van der Waals surface area contributed by atoms with Crippen LogP contribution in [-0.4, -0.2) is 34.2 Å². The van der Waals surface area contributed by atoms with Crippen LogP contribution in [0.1, 0.15) is 42.6 Å². The lowest BCUT2D eigenvalue weighted by Gasteiger charge is -2.41. The molecule has 0 radical (unpaired) electrons. The lowest BCUT2D eigenvalue weighted by Crippen LogP contribution is -2.44. The van der Waals surface area contributed by atoms with Crippen LogP contribution in [-0.2, 0) is 0 Å². The Morgan fingerprint density at radius 3 is 2.36 bits per heavy atom. The molecule has 1 aromatic heterocycles. The van der Waals surface area contributed by atoms with Gasteiger partial charge in [0.1, 0.15) is 0 Å². The van der Waals surface area contributed by atoms with Crippen molar-refractivity contribution in [2.45, 2.75) is 43.2 Å². The lowest BCUT2D eigenvalue weighted by atomic mass is 9.76. The number of hydrogen-bond acceptors (Lipinski definition) is 4. The molecule has 2 fully saturated rings. The van der Waals surface area contributed by atoms with E-state index in [0.29, 0.717) is 28.8 Å². The van der Waals surface area contributed by atoms with E-state index < -0.39 is 0 Å². The van der Waals surface area contributed by atoms with E-state index in [1.54, 1.807) is 0 Å². The number of piperidine rings is 1. The summed E-state index contributed by atoms with van der Waals surface area (Å²) < 4.78 is 5.82. The van der Waals surface area contributed by atoms with Crippen molar-refractivity contribution in [3.05, 3.63) is 70.0 Å². The summed E-state index contributed by atoms with van der Waals surface area (Å²) in [5.74, 6) is 1.87. The predicted octanol–water partition coefficient (Wildman–Crippen LogP) is 5.78. The molecule has 0 aliphatic carbocycles. The molecule has 2 aliphatic rings. The first-order valence-corrected chi connectivity index (χ1v) is 10.4. The van der Waals surface area contributed by atoms with Crippen LogP contribution in [0, 0.1) is 0 Å². The van der Waals surface area contributed by atoms with Gasteiger partial charge in [0.05, 0.1) is 5.92 Å². The number of benzene rings is 2. The van der Waals surface area contributed by atoms with E-state index in [-0.39, 0.29) is 5.92 Å². The third-order valence-corrected chi connectivity index (χ3v) is 6.90. The summed E-state index contributed by atoms with van der Waals surface area (Å²) in [6.45, 7) is 0. The quantitative estimate of drug-likeness (QED) is 0.545. The first kappa shape index (κ1) is 18.2. The van der Waals surface area contributed by atoms with Gasteiger partial charge < -0.3 is 4.52 Å². The second-order valence-corrected chi connectivity index (χ2v) is 8.72. The van der Waals surface area contributed by atoms with Crippen LogP contribution in [0.2, 0.25) is 10.0 Å². The topological polar surface area (TPSA) is 42.2 Å². The molecule has 0 amide bonds. The minimum Gasteiger partial charge on any atom is -0.339 e. The fraction of sp³-hybridized carbons (Fsp3) is 0.364. The Kier molecular flexibility index (Phi) is 4.66. The van der Waals surface area contributed by atoms with Crippen molar-refractivity contribution in [1.29, 1.82) is 0 Å². The van der Waals surface area contributed by atoms with Crippen LogP contribution in [0.5, 0.6) is 0 Å². The van der Waals surface area contributed by atoms with E-state index in [0.717, 1.165) is 29.3 Å². The number of hydrogen-bond donors (Lipinski definition) is 0. The molecule has 6 heteroatoms. The van der Waals surface area contributed by atoms with E-state index in [1.165, 1.54) is 12.0 Å². The minimum absolute atomic E-state index is 0.179. The number of rotatable bonds is 3. The zero-order chi connectivity index (χ0) is 19.3. The van der Waals surface area contributed by atoms with E-state index in [2.05, 4.69) is 29.2 Å². The Bertz CT molecular complexity index is 970. The maximum atomic E-state index is 6.12. The van der Waals surface area contributed by atoms with Gasteiger partial charge in [0.15, 0.2) is 0 Å². The molecule has 2 bridgehead atoms. The molecule has 2 saturated heterocycles. The zero-order valence-electron chi connectivity index (χ0n) is 15.6. The fourth-order valence-corrected chi connectivity index (χ4v) is 5.19. The monoisotopic (exact) mass is 413 g/mol. The van der Waals surface area contributed by atoms with E-state index >= 15 is 0 Å². The second-order valence-electron chi connectivity index (χ2n) is 7.85. The molecular weight excluding hydrogens is 393 g/mol. The summed E-state index contributed by atoms with van der Waals surface area (Å²) >= 11 is 12.1. The number of likely N-dealkylation sites (N-methyl/N-ethyl adjacent to an activating group) is 1. The highest BCUT2D eigenvalue weighted by Crippen LogP contribution is 2.50. The normalized spacial score (nSPS) is 27.2. The van der Waals surface area contributed by atoms with Crippen LogP contribution in [0.25, 0.3) is 11.4 Å². The standard InChI is InChI=1S/C22H21Cl2N3O/c1-27-17-10-11-19(27)20(18(12-17)13-2-6-15(23)7-3-13)22-25-21(26-28-22)14-4-8-16(24)9-5-14/h2-9,17-20H,10-12H2,1H3/t17-,18-,19?,20?/m1/s1. The second kappa shape index (κ2) is 7.18. The Morgan fingerprint density at radius 2 is 1.64 bits per heavy atom. The van der Waals surface area contributed by atoms with Crippen LogP contribution >= 0.6 is 23.2 Å². The van der Waals surface area contributed by atoms with Gasteiger partial charge in [-0.3, -0.25) is 4.90 Å². The third kappa shape index (κ3) is 3.14. The van der Waals surface area contributed by atoms with E-state index in [9.17, 15) is 0 Å². The van der Waals surface area contributed by atoms with Crippen molar-refractivity contribution in [1.82, 2.24) is 15.0 Å². The van der Waals surface area contributed by atoms with Crippen LogP contribution in [0.4, 0.5) is 0 Å². The van der Waals surface area contributed by atoms with Crippen molar-refractivity contribution in [3.8, 4) is 11.4 Å². The maximum Gasteiger partial charge on any atom is 0.232 e. The molecule has 3 heterocycles.